The van der Waals surface area contributed by atoms with Gasteiger partial charge in [0.05, 0.1) is 5.92 Å². The molecule has 1 aromatic carbocycles. The van der Waals surface area contributed by atoms with Crippen molar-refractivity contribution in [1.82, 2.24) is 24.7 Å². The van der Waals surface area contributed by atoms with Gasteiger partial charge in [0.1, 0.15) is 17.7 Å². The smallest absolute Gasteiger partial charge is 0.272 e. The Labute approximate surface area is 171 Å². The molecule has 29 heavy (non-hydrogen) atoms. The summed E-state index contributed by atoms with van der Waals surface area (Å²) in [5, 5.41) is 2.70. The van der Waals surface area contributed by atoms with Crippen LogP contribution in [0.3, 0.4) is 0 Å². The molecule has 4 rings (SSSR count). The lowest BCUT2D eigenvalue weighted by Gasteiger charge is -2.35. The average molecular weight is 394 g/mol. The van der Waals surface area contributed by atoms with Crippen LogP contribution in [-0.2, 0) is 17.8 Å². The molecule has 0 bridgehead atoms. The SMILES string of the molecule is CNC(=O)C1CCCn2c(C(=O)N3CCN(CCc4ccccc4)CC3)[c]nc21. The number of benzene rings is 1. The molecule has 1 atom stereocenters. The van der Waals surface area contributed by atoms with Crippen LogP contribution < -0.4 is 5.32 Å². The minimum atomic E-state index is -0.290. The van der Waals surface area contributed by atoms with E-state index < -0.39 is 0 Å². The number of carbonyl (C=O) groups excluding carboxylic acids is 2. The molecule has 1 saturated heterocycles. The van der Waals surface area contributed by atoms with Gasteiger partial charge in [-0.2, -0.15) is 0 Å². The minimum Gasteiger partial charge on any atom is -0.359 e. The average Bonchev–Trinajstić information content (AvgIpc) is 3.22. The molecule has 1 fully saturated rings. The molecule has 153 valence electrons. The lowest BCUT2D eigenvalue weighted by Crippen LogP contribution is -2.49. The maximum Gasteiger partial charge on any atom is 0.272 e. The normalized spacial score (nSPS) is 19.6. The Balaban J connectivity index is 1.36. The number of hydrogen-bond acceptors (Lipinski definition) is 4. The van der Waals surface area contributed by atoms with E-state index in [-0.39, 0.29) is 17.7 Å². The van der Waals surface area contributed by atoms with Crippen molar-refractivity contribution in [3.63, 3.8) is 0 Å². The third-order valence-corrected chi connectivity index (χ3v) is 5.99. The van der Waals surface area contributed by atoms with E-state index in [0.717, 1.165) is 45.4 Å². The zero-order chi connectivity index (χ0) is 20.2. The summed E-state index contributed by atoms with van der Waals surface area (Å²) in [6.07, 6.45) is 5.56. The molecule has 3 heterocycles. The van der Waals surface area contributed by atoms with Crippen LogP contribution >= 0.6 is 0 Å². The predicted octanol–water partition coefficient (Wildman–Crippen LogP) is 1.31. The molecule has 1 N–H and O–H groups in total. The Bertz CT molecular complexity index is 855. The highest BCUT2D eigenvalue weighted by Crippen LogP contribution is 2.28. The van der Waals surface area contributed by atoms with Crippen LogP contribution in [0.25, 0.3) is 0 Å². The highest BCUT2D eigenvalue weighted by Gasteiger charge is 2.32. The van der Waals surface area contributed by atoms with Crippen LogP contribution in [0.4, 0.5) is 0 Å². The molecule has 0 saturated carbocycles. The van der Waals surface area contributed by atoms with E-state index in [4.69, 9.17) is 0 Å². The first kappa shape index (κ1) is 19.6. The Morgan fingerprint density at radius 2 is 1.90 bits per heavy atom. The number of imidazole rings is 1. The van der Waals surface area contributed by atoms with Crippen LogP contribution in [0.15, 0.2) is 30.3 Å². The molecule has 1 radical (unpaired) electrons. The summed E-state index contributed by atoms with van der Waals surface area (Å²) in [5.74, 6) is 0.307. The van der Waals surface area contributed by atoms with Gasteiger partial charge in [-0.3, -0.25) is 14.5 Å². The lowest BCUT2D eigenvalue weighted by molar-refractivity contribution is -0.122. The third kappa shape index (κ3) is 4.19. The first-order valence-corrected chi connectivity index (χ1v) is 10.4. The summed E-state index contributed by atoms with van der Waals surface area (Å²) < 4.78 is 1.90. The standard InChI is InChI=1S/C22H28N5O2/c1-23-21(28)18-8-5-10-27-19(16-24-20(18)27)22(29)26-14-12-25(13-15-26)11-9-17-6-3-2-4-7-17/h2-4,6-7,18H,5,8-15H2,1H3,(H,23,28). The van der Waals surface area contributed by atoms with Gasteiger partial charge in [0.2, 0.25) is 5.91 Å². The van der Waals surface area contributed by atoms with Crippen LogP contribution in [-0.4, -0.2) is 70.9 Å². The summed E-state index contributed by atoms with van der Waals surface area (Å²) in [6, 6.07) is 10.5. The highest BCUT2D eigenvalue weighted by atomic mass is 16.2. The van der Waals surface area contributed by atoms with E-state index in [1.165, 1.54) is 5.56 Å². The Kier molecular flexibility index (Phi) is 5.94. The molecule has 0 aliphatic carbocycles. The third-order valence-electron chi connectivity index (χ3n) is 5.99. The van der Waals surface area contributed by atoms with Gasteiger partial charge < -0.3 is 14.8 Å². The number of likely N-dealkylation sites (N-methyl/N-ethyl adjacent to an activating group) is 1. The number of hydrogen-bond donors (Lipinski definition) is 1. The van der Waals surface area contributed by atoms with Crippen molar-refractivity contribution in [3.05, 3.63) is 53.6 Å². The number of aromatic nitrogens is 2. The van der Waals surface area contributed by atoms with Gasteiger partial charge in [-0.25, -0.2) is 4.98 Å². The fourth-order valence-corrected chi connectivity index (χ4v) is 4.26. The zero-order valence-corrected chi connectivity index (χ0v) is 16.9. The predicted molar refractivity (Wildman–Crippen MR) is 110 cm³/mol. The van der Waals surface area contributed by atoms with Crippen molar-refractivity contribution in [2.24, 2.45) is 0 Å². The Hall–Kier alpha value is -2.67. The lowest BCUT2D eigenvalue weighted by atomic mass is 9.98. The largest absolute Gasteiger partial charge is 0.359 e. The first-order valence-electron chi connectivity index (χ1n) is 10.4. The number of nitrogens with zero attached hydrogens (tertiary/aromatic N) is 4. The van der Waals surface area contributed by atoms with Gasteiger partial charge in [-0.15, -0.1) is 0 Å². The van der Waals surface area contributed by atoms with Gasteiger partial charge in [0.15, 0.2) is 0 Å². The molecule has 0 spiro atoms. The molecule has 2 aliphatic rings. The quantitative estimate of drug-likeness (QED) is 0.830. The Morgan fingerprint density at radius 1 is 1.14 bits per heavy atom. The number of piperazine rings is 1. The molecule has 2 aromatic rings. The van der Waals surface area contributed by atoms with Crippen LogP contribution in [0, 0.1) is 6.20 Å². The van der Waals surface area contributed by atoms with E-state index in [2.05, 4.69) is 45.7 Å². The topological polar surface area (TPSA) is 70.5 Å². The van der Waals surface area contributed by atoms with Gasteiger partial charge >= 0.3 is 0 Å². The molecule has 2 aliphatic heterocycles. The molecular formula is C22H28N5O2. The van der Waals surface area contributed by atoms with Crippen molar-refractivity contribution < 1.29 is 9.59 Å². The minimum absolute atomic E-state index is 0.0241. The molecule has 1 aromatic heterocycles. The van der Waals surface area contributed by atoms with E-state index in [1.54, 1.807) is 7.05 Å². The van der Waals surface area contributed by atoms with Crippen LogP contribution in [0.2, 0.25) is 0 Å². The fraction of sp³-hybridized carbons (Fsp3) is 0.500. The summed E-state index contributed by atoms with van der Waals surface area (Å²) in [4.78, 5) is 33.8. The second kappa shape index (κ2) is 8.78. The summed E-state index contributed by atoms with van der Waals surface area (Å²) >= 11 is 0. The van der Waals surface area contributed by atoms with E-state index in [1.807, 2.05) is 15.5 Å². The van der Waals surface area contributed by atoms with Gasteiger partial charge in [-0.1, -0.05) is 30.3 Å². The first-order chi connectivity index (χ1) is 14.2. The second-order valence-electron chi connectivity index (χ2n) is 7.76. The van der Waals surface area contributed by atoms with E-state index in [0.29, 0.717) is 24.6 Å². The molecule has 7 nitrogen and oxygen atoms in total. The van der Waals surface area contributed by atoms with E-state index >= 15 is 0 Å². The summed E-state index contributed by atoms with van der Waals surface area (Å²) in [7, 11) is 1.64. The maximum atomic E-state index is 13.1. The number of carbonyl (C=O) groups is 2. The Morgan fingerprint density at radius 3 is 2.62 bits per heavy atom. The molecular weight excluding hydrogens is 366 g/mol. The monoisotopic (exact) mass is 394 g/mol. The fourth-order valence-electron chi connectivity index (χ4n) is 4.26. The number of rotatable bonds is 5. The zero-order valence-electron chi connectivity index (χ0n) is 16.9. The van der Waals surface area contributed by atoms with Crippen LogP contribution in [0.1, 0.15) is 40.6 Å². The van der Waals surface area contributed by atoms with E-state index in [9.17, 15) is 9.59 Å². The van der Waals surface area contributed by atoms with Gasteiger partial charge in [-0.05, 0) is 24.8 Å². The van der Waals surface area contributed by atoms with Crippen molar-refractivity contribution in [2.45, 2.75) is 31.7 Å². The van der Waals surface area contributed by atoms with Crippen molar-refractivity contribution in [2.75, 3.05) is 39.8 Å². The second-order valence-corrected chi connectivity index (χ2v) is 7.76. The molecule has 1 unspecified atom stereocenters. The van der Waals surface area contributed by atoms with Crippen LogP contribution in [0.5, 0.6) is 0 Å². The number of fused-ring (bicyclic) bond motifs is 1. The van der Waals surface area contributed by atoms with Gasteiger partial charge in [0.25, 0.3) is 5.91 Å². The number of amides is 2. The van der Waals surface area contributed by atoms with Crippen molar-refractivity contribution in [1.29, 1.82) is 0 Å². The summed E-state index contributed by atoms with van der Waals surface area (Å²) in [6.45, 7) is 4.90. The highest BCUT2D eigenvalue weighted by molar-refractivity contribution is 5.93. The van der Waals surface area contributed by atoms with Crippen molar-refractivity contribution >= 4 is 11.8 Å². The van der Waals surface area contributed by atoms with Gasteiger partial charge in [0, 0.05) is 46.3 Å². The molecule has 2 amide bonds. The number of nitrogens with one attached hydrogen (secondary N) is 1. The maximum absolute atomic E-state index is 13.1. The van der Waals surface area contributed by atoms with Crippen molar-refractivity contribution in [3.8, 4) is 0 Å². The molecule has 7 heteroatoms. The summed E-state index contributed by atoms with van der Waals surface area (Å²) in [5.41, 5.74) is 1.84.